The molecule has 0 saturated heterocycles. The van der Waals surface area contributed by atoms with Crippen molar-refractivity contribution in [3.05, 3.63) is 78.5 Å². The van der Waals surface area contributed by atoms with E-state index >= 15 is 0 Å². The molecule has 0 radical (unpaired) electrons. The summed E-state index contributed by atoms with van der Waals surface area (Å²) in [4.78, 5) is 39.0. The lowest BCUT2D eigenvalue weighted by Crippen LogP contribution is -2.32. The molecule has 1 aliphatic heterocycles. The summed E-state index contributed by atoms with van der Waals surface area (Å²) >= 11 is 1.94. The van der Waals surface area contributed by atoms with Crippen LogP contribution >= 0.6 is 22.6 Å². The fraction of sp³-hybridized carbons (Fsp3) is 0.238. The summed E-state index contributed by atoms with van der Waals surface area (Å²) in [5.41, 5.74) is -0.265. The van der Waals surface area contributed by atoms with Crippen LogP contribution in [0.2, 0.25) is 0 Å². The van der Waals surface area contributed by atoms with Gasteiger partial charge in [-0.2, -0.15) is 26.3 Å². The van der Waals surface area contributed by atoms with E-state index in [0.29, 0.717) is 9.13 Å². The Kier molecular flexibility index (Phi) is 6.05. The third-order valence-corrected chi connectivity index (χ3v) is 6.11. The van der Waals surface area contributed by atoms with Crippen LogP contribution in [0, 0.1) is 10.5 Å². The SMILES string of the molecule is Cc1cc(Cn2nc(C(F)(F)F)n(CC(F)(F)F)c2=O)ccc1N1C(=O)c2cccc(I)c2C1=O. The number of halogens is 7. The Hall–Kier alpha value is -3.17. The Labute approximate surface area is 206 Å². The maximum atomic E-state index is 13.2. The van der Waals surface area contributed by atoms with Crippen molar-refractivity contribution in [2.75, 3.05) is 4.90 Å². The predicted octanol–water partition coefficient (Wildman–Crippen LogP) is 4.39. The number of fused-ring (bicyclic) bond motifs is 1. The van der Waals surface area contributed by atoms with Gasteiger partial charge >= 0.3 is 18.0 Å². The van der Waals surface area contributed by atoms with Crippen molar-refractivity contribution in [1.29, 1.82) is 0 Å². The summed E-state index contributed by atoms with van der Waals surface area (Å²) in [6.45, 7) is -1.16. The molecule has 0 spiro atoms. The maximum absolute atomic E-state index is 13.2. The predicted molar refractivity (Wildman–Crippen MR) is 118 cm³/mol. The van der Waals surface area contributed by atoms with Gasteiger partial charge in [-0.1, -0.05) is 18.2 Å². The Morgan fingerprint density at radius 1 is 0.971 bits per heavy atom. The van der Waals surface area contributed by atoms with Crippen LogP contribution < -0.4 is 10.6 Å². The highest BCUT2D eigenvalue weighted by Crippen LogP contribution is 2.33. The second-order valence-electron chi connectivity index (χ2n) is 7.69. The number of amides is 2. The first-order valence-corrected chi connectivity index (χ1v) is 10.9. The number of carbonyl (C=O) groups excluding carboxylic acids is 2. The fourth-order valence-corrected chi connectivity index (χ4v) is 4.51. The van der Waals surface area contributed by atoms with E-state index in [9.17, 15) is 40.7 Å². The van der Waals surface area contributed by atoms with Crippen LogP contribution in [0.1, 0.15) is 37.7 Å². The molecule has 14 heteroatoms. The van der Waals surface area contributed by atoms with Gasteiger partial charge in [0.05, 0.1) is 23.4 Å². The number of aryl methyl sites for hydroxylation is 1. The number of anilines is 1. The zero-order valence-electron chi connectivity index (χ0n) is 17.5. The first-order chi connectivity index (χ1) is 16.2. The molecule has 0 fully saturated rings. The lowest BCUT2D eigenvalue weighted by Gasteiger charge is -2.17. The summed E-state index contributed by atoms with van der Waals surface area (Å²) in [7, 11) is 0. The van der Waals surface area contributed by atoms with Crippen LogP contribution in [0.25, 0.3) is 0 Å². The second kappa shape index (κ2) is 8.49. The molecule has 2 amide bonds. The largest absolute Gasteiger partial charge is 0.451 e. The molecule has 2 aromatic carbocycles. The molecule has 184 valence electrons. The van der Waals surface area contributed by atoms with Gasteiger partial charge in [0, 0.05) is 3.57 Å². The van der Waals surface area contributed by atoms with Crippen LogP contribution in [0.3, 0.4) is 0 Å². The van der Waals surface area contributed by atoms with Crippen molar-refractivity contribution in [1.82, 2.24) is 14.3 Å². The van der Waals surface area contributed by atoms with Crippen LogP contribution in [0.5, 0.6) is 0 Å². The van der Waals surface area contributed by atoms with Crippen molar-refractivity contribution in [2.45, 2.75) is 32.4 Å². The van der Waals surface area contributed by atoms with Crippen LogP contribution in [-0.2, 0) is 19.3 Å². The first-order valence-electron chi connectivity index (χ1n) is 9.77. The van der Waals surface area contributed by atoms with Crippen molar-refractivity contribution in [2.24, 2.45) is 0 Å². The van der Waals surface area contributed by atoms with Gasteiger partial charge in [-0.25, -0.2) is 14.4 Å². The highest BCUT2D eigenvalue weighted by molar-refractivity contribution is 14.1. The molecule has 0 N–H and O–H groups in total. The monoisotopic (exact) mass is 610 g/mol. The van der Waals surface area contributed by atoms with Gasteiger partial charge in [0.2, 0.25) is 5.82 Å². The summed E-state index contributed by atoms with van der Waals surface area (Å²) in [5, 5.41) is 3.07. The van der Waals surface area contributed by atoms with Gasteiger partial charge in [-0.3, -0.25) is 14.2 Å². The van der Waals surface area contributed by atoms with E-state index in [1.54, 1.807) is 19.1 Å². The van der Waals surface area contributed by atoms with E-state index in [1.165, 1.54) is 24.3 Å². The van der Waals surface area contributed by atoms with Crippen molar-refractivity contribution >= 4 is 40.1 Å². The number of benzene rings is 2. The normalized spacial score (nSPS) is 14.1. The molecule has 1 aliphatic rings. The zero-order valence-corrected chi connectivity index (χ0v) is 19.7. The number of nitrogens with zero attached hydrogens (tertiary/aromatic N) is 4. The van der Waals surface area contributed by atoms with E-state index in [4.69, 9.17) is 0 Å². The number of carbonyl (C=O) groups is 2. The molecule has 3 aromatic rings. The van der Waals surface area contributed by atoms with Crippen molar-refractivity contribution in [3.63, 3.8) is 0 Å². The van der Waals surface area contributed by atoms with Gasteiger partial charge in [0.15, 0.2) is 0 Å². The van der Waals surface area contributed by atoms with Crippen LogP contribution in [-0.4, -0.2) is 32.3 Å². The molecule has 35 heavy (non-hydrogen) atoms. The van der Waals surface area contributed by atoms with E-state index in [0.717, 1.165) is 4.90 Å². The molecule has 0 bridgehead atoms. The molecule has 7 nitrogen and oxygen atoms in total. The number of rotatable bonds is 4. The van der Waals surface area contributed by atoms with Crippen molar-refractivity contribution < 1.29 is 35.9 Å². The molecule has 2 heterocycles. The number of imide groups is 1. The van der Waals surface area contributed by atoms with Gasteiger partial charge in [0.1, 0.15) is 6.54 Å². The average molecular weight is 610 g/mol. The van der Waals surface area contributed by atoms with Gasteiger partial charge in [-0.05, 0) is 58.8 Å². The van der Waals surface area contributed by atoms with E-state index in [-0.39, 0.29) is 27.1 Å². The van der Waals surface area contributed by atoms with Crippen LogP contribution in [0.15, 0.2) is 41.2 Å². The topological polar surface area (TPSA) is 77.2 Å². The Balaban J connectivity index is 1.67. The quantitative estimate of drug-likeness (QED) is 0.250. The molecule has 0 saturated carbocycles. The third-order valence-electron chi connectivity index (χ3n) is 5.21. The Morgan fingerprint density at radius 2 is 1.66 bits per heavy atom. The summed E-state index contributed by atoms with van der Waals surface area (Å²) < 4.78 is 78.2. The number of aromatic nitrogens is 3. The van der Waals surface area contributed by atoms with Gasteiger partial charge in [-0.15, -0.1) is 5.10 Å². The molecule has 4 rings (SSSR count). The average Bonchev–Trinajstić information content (AvgIpc) is 3.17. The van der Waals surface area contributed by atoms with E-state index in [2.05, 4.69) is 5.10 Å². The number of alkyl halides is 6. The Morgan fingerprint density at radius 3 is 2.23 bits per heavy atom. The molecule has 0 aliphatic carbocycles. The van der Waals surface area contributed by atoms with E-state index < -0.39 is 53.3 Å². The number of hydrogen-bond acceptors (Lipinski definition) is 4. The Bertz CT molecular complexity index is 1420. The molecule has 0 unspecified atom stereocenters. The zero-order chi connectivity index (χ0) is 25.9. The fourth-order valence-electron chi connectivity index (χ4n) is 3.78. The van der Waals surface area contributed by atoms with Gasteiger partial charge in [0.25, 0.3) is 11.8 Å². The minimum Gasteiger partial charge on any atom is -0.268 e. The molecule has 1 aromatic heterocycles. The molecular formula is C21H13F6IN4O3. The molecule has 0 atom stereocenters. The summed E-state index contributed by atoms with van der Waals surface area (Å²) in [5.74, 6) is -3.05. The minimum atomic E-state index is -5.28. The summed E-state index contributed by atoms with van der Waals surface area (Å²) in [6, 6.07) is 8.96. The smallest absolute Gasteiger partial charge is 0.268 e. The van der Waals surface area contributed by atoms with E-state index in [1.807, 2.05) is 22.6 Å². The lowest BCUT2D eigenvalue weighted by molar-refractivity contribution is -0.161. The highest BCUT2D eigenvalue weighted by Gasteiger charge is 2.42. The second-order valence-corrected chi connectivity index (χ2v) is 8.85. The maximum Gasteiger partial charge on any atom is 0.451 e. The molecular weight excluding hydrogens is 597 g/mol. The highest BCUT2D eigenvalue weighted by atomic mass is 127. The minimum absolute atomic E-state index is 0.224. The van der Waals surface area contributed by atoms with Crippen LogP contribution in [0.4, 0.5) is 32.0 Å². The first kappa shape index (κ1) is 24.9. The van der Waals surface area contributed by atoms with Crippen molar-refractivity contribution in [3.8, 4) is 0 Å². The summed E-state index contributed by atoms with van der Waals surface area (Å²) in [6.07, 6.45) is -10.3. The third kappa shape index (κ3) is 4.58. The number of hydrogen-bond donors (Lipinski definition) is 0. The lowest BCUT2D eigenvalue weighted by atomic mass is 10.1. The standard InChI is InChI=1S/C21H13F6IN4O3/c1-10-7-11(8-31-19(35)30(9-20(22,23)24)18(29-31)21(25,26)27)5-6-14(10)32-16(33)12-3-2-4-13(28)15(12)17(32)34/h2-7H,8-9H2,1H3. The van der Waals surface area contributed by atoms with Gasteiger partial charge < -0.3 is 0 Å².